The van der Waals surface area contributed by atoms with Crippen molar-refractivity contribution in [2.45, 2.75) is 19.8 Å². The van der Waals surface area contributed by atoms with Crippen LogP contribution in [0, 0.1) is 0 Å². The highest BCUT2D eigenvalue weighted by molar-refractivity contribution is 5.92. The van der Waals surface area contributed by atoms with Gasteiger partial charge in [-0.2, -0.15) is 0 Å². The summed E-state index contributed by atoms with van der Waals surface area (Å²) in [6, 6.07) is 3.16. The van der Waals surface area contributed by atoms with Crippen LogP contribution in [0.5, 0.6) is 5.75 Å². The Morgan fingerprint density at radius 1 is 1.47 bits per heavy atom. The lowest BCUT2D eigenvalue weighted by Crippen LogP contribution is -2.06. The van der Waals surface area contributed by atoms with Gasteiger partial charge < -0.3 is 15.6 Å². The van der Waals surface area contributed by atoms with E-state index in [4.69, 9.17) is 15.6 Å². The molecule has 4 nitrogen and oxygen atoms in total. The quantitative estimate of drug-likeness (QED) is 0.748. The number of aromatic carboxylic acids is 1. The van der Waals surface area contributed by atoms with E-state index in [1.165, 1.54) is 13.2 Å². The van der Waals surface area contributed by atoms with Crippen LogP contribution in [0.3, 0.4) is 0 Å². The van der Waals surface area contributed by atoms with E-state index >= 15 is 0 Å². The minimum Gasteiger partial charge on any atom is -0.496 e. The molecule has 0 spiro atoms. The molecule has 15 heavy (non-hydrogen) atoms. The van der Waals surface area contributed by atoms with Crippen LogP contribution in [-0.4, -0.2) is 18.2 Å². The molecule has 1 aromatic rings. The minimum absolute atomic E-state index is 0.112. The number of nitrogen functional groups attached to an aromatic ring is 1. The number of benzene rings is 1. The van der Waals surface area contributed by atoms with Crippen LogP contribution < -0.4 is 10.5 Å². The van der Waals surface area contributed by atoms with Gasteiger partial charge in [-0.1, -0.05) is 13.8 Å². The number of carbonyl (C=O) groups is 1. The molecule has 0 amide bonds. The van der Waals surface area contributed by atoms with Crippen molar-refractivity contribution in [1.82, 2.24) is 0 Å². The fourth-order valence-electron chi connectivity index (χ4n) is 1.49. The molecule has 0 aliphatic rings. The average Bonchev–Trinajstić information content (AvgIpc) is 2.16. The van der Waals surface area contributed by atoms with E-state index in [1.54, 1.807) is 6.07 Å². The first-order chi connectivity index (χ1) is 6.97. The van der Waals surface area contributed by atoms with Crippen molar-refractivity contribution in [2.24, 2.45) is 0 Å². The topological polar surface area (TPSA) is 72.5 Å². The molecule has 0 bridgehead atoms. The number of rotatable bonds is 3. The lowest BCUT2D eigenvalue weighted by Gasteiger charge is -2.14. The summed E-state index contributed by atoms with van der Waals surface area (Å²) in [5.41, 5.74) is 7.01. The van der Waals surface area contributed by atoms with E-state index in [1.807, 2.05) is 13.8 Å². The zero-order valence-electron chi connectivity index (χ0n) is 9.07. The Morgan fingerprint density at radius 3 is 2.47 bits per heavy atom. The Kier molecular flexibility index (Phi) is 3.19. The van der Waals surface area contributed by atoms with Crippen LogP contribution in [0.1, 0.15) is 35.7 Å². The summed E-state index contributed by atoms with van der Waals surface area (Å²) < 4.78 is 5.12. The number of anilines is 1. The van der Waals surface area contributed by atoms with Crippen molar-refractivity contribution in [3.8, 4) is 5.75 Å². The second-order valence-corrected chi connectivity index (χ2v) is 3.65. The van der Waals surface area contributed by atoms with Crippen LogP contribution in [-0.2, 0) is 0 Å². The number of ether oxygens (including phenoxy) is 1. The Labute approximate surface area is 88.7 Å². The highest BCUT2D eigenvalue weighted by Crippen LogP contribution is 2.32. The molecule has 0 aromatic heterocycles. The smallest absolute Gasteiger partial charge is 0.339 e. The van der Waals surface area contributed by atoms with Gasteiger partial charge in [-0.3, -0.25) is 0 Å². The lowest BCUT2D eigenvalue weighted by molar-refractivity contribution is 0.0693. The molecule has 0 saturated carbocycles. The maximum absolute atomic E-state index is 11.0. The summed E-state index contributed by atoms with van der Waals surface area (Å²) in [5.74, 6) is -0.464. The van der Waals surface area contributed by atoms with Gasteiger partial charge >= 0.3 is 5.97 Å². The summed E-state index contributed by atoms with van der Waals surface area (Å²) >= 11 is 0. The van der Waals surface area contributed by atoms with Crippen molar-refractivity contribution in [2.75, 3.05) is 12.8 Å². The van der Waals surface area contributed by atoms with E-state index in [-0.39, 0.29) is 11.5 Å². The second-order valence-electron chi connectivity index (χ2n) is 3.65. The maximum atomic E-state index is 11.0. The third-order valence-corrected chi connectivity index (χ3v) is 2.20. The van der Waals surface area contributed by atoms with Crippen molar-refractivity contribution in [3.05, 3.63) is 23.3 Å². The van der Waals surface area contributed by atoms with Crippen molar-refractivity contribution < 1.29 is 14.6 Å². The van der Waals surface area contributed by atoms with Crippen molar-refractivity contribution in [3.63, 3.8) is 0 Å². The standard InChI is InChI=1S/C11H15NO3/c1-6(2)8-4-7(12)5-9(11(13)14)10(8)15-3/h4-6H,12H2,1-3H3,(H,13,14). The molecule has 1 rings (SSSR count). The molecular weight excluding hydrogens is 194 g/mol. The second kappa shape index (κ2) is 4.21. The fraction of sp³-hybridized carbons (Fsp3) is 0.364. The molecule has 0 radical (unpaired) electrons. The summed E-state index contributed by atoms with van der Waals surface area (Å²) in [5, 5.41) is 8.99. The molecule has 0 saturated heterocycles. The minimum atomic E-state index is -1.03. The molecule has 0 heterocycles. The fourth-order valence-corrected chi connectivity index (χ4v) is 1.49. The lowest BCUT2D eigenvalue weighted by atomic mass is 9.98. The zero-order valence-corrected chi connectivity index (χ0v) is 9.07. The van der Waals surface area contributed by atoms with Gasteiger partial charge in [0.1, 0.15) is 11.3 Å². The highest BCUT2D eigenvalue weighted by atomic mass is 16.5. The maximum Gasteiger partial charge on any atom is 0.339 e. The first-order valence-corrected chi connectivity index (χ1v) is 4.68. The van der Waals surface area contributed by atoms with Crippen molar-refractivity contribution in [1.29, 1.82) is 0 Å². The first-order valence-electron chi connectivity index (χ1n) is 4.68. The number of nitrogens with two attached hydrogens (primary N) is 1. The normalized spacial score (nSPS) is 10.4. The summed E-state index contributed by atoms with van der Waals surface area (Å²) in [7, 11) is 1.46. The number of methoxy groups -OCH3 is 1. The Balaban J connectivity index is 3.45. The largest absolute Gasteiger partial charge is 0.496 e. The summed E-state index contributed by atoms with van der Waals surface area (Å²) in [6.45, 7) is 3.92. The SMILES string of the molecule is COc1c(C(=O)O)cc(N)cc1C(C)C. The molecule has 1 aromatic carbocycles. The Hall–Kier alpha value is -1.71. The summed E-state index contributed by atoms with van der Waals surface area (Å²) in [4.78, 5) is 11.0. The Bertz CT molecular complexity index is 386. The van der Waals surface area contributed by atoms with Gasteiger partial charge in [0.25, 0.3) is 0 Å². The third kappa shape index (κ3) is 2.21. The van der Waals surface area contributed by atoms with E-state index < -0.39 is 5.97 Å². The first kappa shape index (κ1) is 11.4. The van der Waals surface area contributed by atoms with E-state index in [0.29, 0.717) is 11.4 Å². The van der Waals surface area contributed by atoms with Gasteiger partial charge in [0.05, 0.1) is 7.11 Å². The molecule has 0 aliphatic carbocycles. The monoisotopic (exact) mass is 209 g/mol. The molecule has 82 valence electrons. The highest BCUT2D eigenvalue weighted by Gasteiger charge is 2.17. The van der Waals surface area contributed by atoms with Gasteiger partial charge in [0.15, 0.2) is 0 Å². The van der Waals surface area contributed by atoms with Crippen LogP contribution in [0.15, 0.2) is 12.1 Å². The number of hydrogen-bond acceptors (Lipinski definition) is 3. The van der Waals surface area contributed by atoms with Gasteiger partial charge in [-0.05, 0) is 23.6 Å². The van der Waals surface area contributed by atoms with Gasteiger partial charge in [0.2, 0.25) is 0 Å². The average molecular weight is 209 g/mol. The van der Waals surface area contributed by atoms with Gasteiger partial charge in [-0.25, -0.2) is 4.79 Å². The van der Waals surface area contributed by atoms with E-state index in [9.17, 15) is 4.79 Å². The predicted octanol–water partition coefficient (Wildman–Crippen LogP) is 2.10. The van der Waals surface area contributed by atoms with Crippen LogP contribution in [0.2, 0.25) is 0 Å². The van der Waals surface area contributed by atoms with E-state index in [0.717, 1.165) is 5.56 Å². The third-order valence-electron chi connectivity index (χ3n) is 2.20. The van der Waals surface area contributed by atoms with Crippen LogP contribution in [0.25, 0.3) is 0 Å². The zero-order chi connectivity index (χ0) is 11.6. The molecule has 0 unspecified atom stereocenters. The molecule has 3 N–H and O–H groups in total. The predicted molar refractivity (Wildman–Crippen MR) is 58.5 cm³/mol. The molecular formula is C11H15NO3. The van der Waals surface area contributed by atoms with Crippen molar-refractivity contribution >= 4 is 11.7 Å². The van der Waals surface area contributed by atoms with Gasteiger partial charge in [-0.15, -0.1) is 0 Å². The van der Waals surface area contributed by atoms with Crippen LogP contribution >= 0.6 is 0 Å². The molecule has 4 heteroatoms. The van der Waals surface area contributed by atoms with E-state index in [2.05, 4.69) is 0 Å². The molecule has 0 aliphatic heterocycles. The van der Waals surface area contributed by atoms with Crippen LogP contribution in [0.4, 0.5) is 5.69 Å². The number of carboxylic acids is 1. The number of hydrogen-bond donors (Lipinski definition) is 2. The molecule has 0 atom stereocenters. The van der Waals surface area contributed by atoms with Gasteiger partial charge in [0, 0.05) is 5.69 Å². The number of carboxylic acid groups (broad SMARTS) is 1. The summed E-state index contributed by atoms with van der Waals surface area (Å²) in [6.07, 6.45) is 0. The molecule has 0 fully saturated rings. The Morgan fingerprint density at radius 2 is 2.07 bits per heavy atom.